The Morgan fingerprint density at radius 3 is 1.27 bits per heavy atom. The smallest absolute Gasteiger partial charge is 0.326 e. The van der Waals surface area contributed by atoms with Crippen LogP contribution in [0.25, 0.3) is 0 Å². The van der Waals surface area contributed by atoms with Gasteiger partial charge in [-0.2, -0.15) is 0 Å². The molecule has 0 rings (SSSR count). The first-order chi connectivity index (χ1) is 17.9. The predicted molar refractivity (Wildman–Crippen MR) is 149 cm³/mol. The summed E-state index contributed by atoms with van der Waals surface area (Å²) in [4.78, 5) is 45.4. The molecule has 0 bridgehead atoms. The summed E-state index contributed by atoms with van der Waals surface area (Å²) in [7, 11) is 0. The van der Waals surface area contributed by atoms with Gasteiger partial charge in [-0.3, -0.25) is 14.4 Å². The van der Waals surface area contributed by atoms with Crippen molar-refractivity contribution in [1.29, 1.82) is 0 Å². The Bertz CT molecular complexity index is 607. The van der Waals surface area contributed by atoms with Crippen LogP contribution in [-0.4, -0.2) is 39.9 Å². The zero-order valence-corrected chi connectivity index (χ0v) is 23.6. The molecule has 7 nitrogen and oxygen atoms in total. The number of nitrogens with one attached hydrogen (secondary N) is 1. The molecule has 0 aliphatic heterocycles. The van der Waals surface area contributed by atoms with Gasteiger partial charge in [-0.25, -0.2) is 4.79 Å². The number of unbranched alkanes of at least 4 members (excludes halogenated alkanes) is 17. The van der Waals surface area contributed by atoms with Gasteiger partial charge in [0, 0.05) is 25.7 Å². The zero-order chi connectivity index (χ0) is 27.6. The number of Topliss-reactive ketones (excluding diaryl/α,β-unsaturated/α-hetero) is 1. The number of amides is 1. The molecule has 7 heteroatoms. The molecular weight excluding hydrogens is 470 g/mol. The molecule has 1 atom stereocenters. The van der Waals surface area contributed by atoms with E-state index in [1.54, 1.807) is 0 Å². The lowest BCUT2D eigenvalue weighted by Gasteiger charge is -2.14. The van der Waals surface area contributed by atoms with E-state index in [1.165, 1.54) is 83.5 Å². The van der Waals surface area contributed by atoms with Crippen molar-refractivity contribution in [2.75, 3.05) is 0 Å². The summed E-state index contributed by atoms with van der Waals surface area (Å²) in [5.41, 5.74) is 0. The van der Waals surface area contributed by atoms with Crippen LogP contribution >= 0.6 is 0 Å². The van der Waals surface area contributed by atoms with Crippen molar-refractivity contribution in [2.45, 2.75) is 167 Å². The fraction of sp³-hybridized carbons (Fsp3) is 0.867. The largest absolute Gasteiger partial charge is 0.481 e. The summed E-state index contributed by atoms with van der Waals surface area (Å²) in [6.07, 6.45) is 23.6. The van der Waals surface area contributed by atoms with E-state index in [1.807, 2.05) is 6.92 Å². The Balaban J connectivity index is 3.43. The molecule has 0 spiro atoms. The molecule has 0 heterocycles. The molecule has 0 aromatic heterocycles. The predicted octanol–water partition coefficient (Wildman–Crippen LogP) is 7.59. The van der Waals surface area contributed by atoms with Crippen molar-refractivity contribution in [3.05, 3.63) is 0 Å². The Labute approximate surface area is 225 Å². The highest BCUT2D eigenvalue weighted by atomic mass is 16.4. The number of aliphatic carboxylic acids is 2. The second kappa shape index (κ2) is 25.7. The van der Waals surface area contributed by atoms with E-state index in [0.29, 0.717) is 19.3 Å². The second-order valence-electron chi connectivity index (χ2n) is 10.5. The van der Waals surface area contributed by atoms with E-state index in [4.69, 9.17) is 5.11 Å². The van der Waals surface area contributed by atoms with Crippen molar-refractivity contribution in [2.24, 2.45) is 0 Å². The minimum absolute atomic E-state index is 0.0500. The van der Waals surface area contributed by atoms with E-state index in [9.17, 15) is 24.3 Å². The molecule has 3 N–H and O–H groups in total. The van der Waals surface area contributed by atoms with E-state index in [-0.39, 0.29) is 24.5 Å². The van der Waals surface area contributed by atoms with Gasteiger partial charge in [0.1, 0.15) is 11.8 Å². The maximum Gasteiger partial charge on any atom is 0.326 e. The van der Waals surface area contributed by atoms with Crippen LogP contribution in [0.5, 0.6) is 0 Å². The van der Waals surface area contributed by atoms with Gasteiger partial charge in [-0.1, -0.05) is 110 Å². The van der Waals surface area contributed by atoms with Crippen LogP contribution in [0.15, 0.2) is 0 Å². The highest BCUT2D eigenvalue weighted by molar-refractivity contribution is 5.84. The fourth-order valence-corrected chi connectivity index (χ4v) is 4.62. The molecule has 0 radical (unpaired) electrons. The molecule has 0 aliphatic rings. The average Bonchev–Trinajstić information content (AvgIpc) is 2.85. The van der Waals surface area contributed by atoms with Gasteiger partial charge in [0.25, 0.3) is 0 Å². The maximum atomic E-state index is 12.1. The van der Waals surface area contributed by atoms with Crippen LogP contribution in [-0.2, 0) is 19.2 Å². The summed E-state index contributed by atoms with van der Waals surface area (Å²) in [6, 6.07) is -0.971. The molecule has 0 aromatic rings. The van der Waals surface area contributed by atoms with Gasteiger partial charge in [0.15, 0.2) is 0 Å². The minimum Gasteiger partial charge on any atom is -0.481 e. The number of carbonyl (C=O) groups excluding carboxylic acids is 2. The standard InChI is InChI=1S/C30H55NO6/c1-2-21-26(32)24-25-27(30(36)37)31-28(33)22-19-17-15-13-11-9-7-5-3-4-6-8-10-12-14-16-18-20-23-29(34)35/h27H,2-25H2,1H3,(H,31,33)(H,34,35)(H,36,37)/t27-/m0/s1. The van der Waals surface area contributed by atoms with E-state index >= 15 is 0 Å². The molecule has 0 aliphatic carbocycles. The lowest BCUT2D eigenvalue weighted by molar-refractivity contribution is -0.142. The van der Waals surface area contributed by atoms with Crippen molar-refractivity contribution in [3.8, 4) is 0 Å². The second-order valence-corrected chi connectivity index (χ2v) is 10.5. The van der Waals surface area contributed by atoms with Crippen LogP contribution in [0.2, 0.25) is 0 Å². The lowest BCUT2D eigenvalue weighted by Crippen LogP contribution is -2.41. The van der Waals surface area contributed by atoms with Crippen LogP contribution < -0.4 is 5.32 Å². The van der Waals surface area contributed by atoms with Crippen LogP contribution in [0.3, 0.4) is 0 Å². The monoisotopic (exact) mass is 525 g/mol. The van der Waals surface area contributed by atoms with Gasteiger partial charge in [0.05, 0.1) is 0 Å². The highest BCUT2D eigenvalue weighted by Gasteiger charge is 2.20. The van der Waals surface area contributed by atoms with E-state index in [0.717, 1.165) is 38.5 Å². The topological polar surface area (TPSA) is 121 Å². The van der Waals surface area contributed by atoms with Crippen molar-refractivity contribution in [3.63, 3.8) is 0 Å². The summed E-state index contributed by atoms with van der Waals surface area (Å²) in [5, 5.41) is 20.4. The quantitative estimate of drug-likeness (QED) is 0.0905. The third-order valence-corrected chi connectivity index (χ3v) is 6.92. The number of rotatable bonds is 28. The van der Waals surface area contributed by atoms with Gasteiger partial charge in [-0.05, 0) is 25.7 Å². The van der Waals surface area contributed by atoms with Crippen molar-refractivity contribution < 1.29 is 29.4 Å². The number of carboxylic acid groups (broad SMARTS) is 2. The Hall–Kier alpha value is -1.92. The van der Waals surface area contributed by atoms with Crippen LogP contribution in [0, 0.1) is 0 Å². The number of carbonyl (C=O) groups is 4. The highest BCUT2D eigenvalue weighted by Crippen LogP contribution is 2.15. The Morgan fingerprint density at radius 2 is 0.919 bits per heavy atom. The van der Waals surface area contributed by atoms with Gasteiger partial charge in [-0.15, -0.1) is 0 Å². The molecule has 37 heavy (non-hydrogen) atoms. The molecule has 0 aromatic carbocycles. The third kappa shape index (κ3) is 25.5. The first-order valence-electron chi connectivity index (χ1n) is 15.1. The normalized spacial score (nSPS) is 11.8. The lowest BCUT2D eigenvalue weighted by atomic mass is 10.0. The molecule has 0 fully saturated rings. The van der Waals surface area contributed by atoms with Crippen molar-refractivity contribution in [1.82, 2.24) is 5.32 Å². The third-order valence-electron chi connectivity index (χ3n) is 6.92. The fourth-order valence-electron chi connectivity index (χ4n) is 4.62. The molecular formula is C30H55NO6. The van der Waals surface area contributed by atoms with Crippen LogP contribution in [0.1, 0.15) is 161 Å². The van der Waals surface area contributed by atoms with Gasteiger partial charge in [0.2, 0.25) is 5.91 Å². The summed E-state index contributed by atoms with van der Waals surface area (Å²) in [5.74, 6) is -1.94. The zero-order valence-electron chi connectivity index (χ0n) is 23.6. The Morgan fingerprint density at radius 1 is 0.541 bits per heavy atom. The summed E-state index contributed by atoms with van der Waals surface area (Å²) in [6.45, 7) is 1.92. The number of ketones is 1. The molecule has 1 amide bonds. The Kier molecular flexibility index (Phi) is 24.4. The average molecular weight is 526 g/mol. The minimum atomic E-state index is -1.07. The van der Waals surface area contributed by atoms with Crippen LogP contribution in [0.4, 0.5) is 0 Å². The summed E-state index contributed by atoms with van der Waals surface area (Å²) >= 11 is 0. The number of hydrogen-bond acceptors (Lipinski definition) is 4. The van der Waals surface area contributed by atoms with Gasteiger partial charge >= 0.3 is 11.9 Å². The number of carboxylic acids is 2. The first kappa shape index (κ1) is 35.1. The maximum absolute atomic E-state index is 12.1. The molecule has 0 unspecified atom stereocenters. The SMILES string of the molecule is CCCC(=O)CC[C@H](NC(=O)CCCCCCCCCCCCCCCCCCCCC(=O)O)C(=O)O. The van der Waals surface area contributed by atoms with Gasteiger partial charge < -0.3 is 15.5 Å². The van der Waals surface area contributed by atoms with E-state index < -0.39 is 18.0 Å². The van der Waals surface area contributed by atoms with E-state index in [2.05, 4.69) is 5.32 Å². The molecule has 216 valence electrons. The number of hydrogen-bond donors (Lipinski definition) is 3. The molecule has 0 saturated carbocycles. The summed E-state index contributed by atoms with van der Waals surface area (Å²) < 4.78 is 0. The molecule has 0 saturated heterocycles. The van der Waals surface area contributed by atoms with Crippen molar-refractivity contribution >= 4 is 23.6 Å². The first-order valence-corrected chi connectivity index (χ1v) is 15.1.